The molecule has 0 unspecified atom stereocenters. The first-order chi connectivity index (χ1) is 11.6. The molecule has 0 saturated carbocycles. The summed E-state index contributed by atoms with van der Waals surface area (Å²) in [5, 5.41) is 7.33. The summed E-state index contributed by atoms with van der Waals surface area (Å²) in [5.74, 6) is 1.65. The van der Waals surface area contributed by atoms with E-state index in [-0.39, 0.29) is 0 Å². The summed E-state index contributed by atoms with van der Waals surface area (Å²) in [4.78, 5) is 0. The Morgan fingerprint density at radius 2 is 1.88 bits per heavy atom. The molecule has 1 aromatic heterocycles. The number of H-pyrrole nitrogens is 1. The molecule has 0 bridgehead atoms. The number of ether oxygens (including phenoxy) is 1. The maximum atomic E-state index is 6.34. The Hall–Kier alpha value is -2.75. The van der Waals surface area contributed by atoms with Crippen molar-refractivity contribution in [3.8, 4) is 22.8 Å². The number of para-hydroxylation sites is 1. The molecule has 0 aliphatic carbocycles. The van der Waals surface area contributed by atoms with Gasteiger partial charge in [-0.25, -0.2) is 0 Å². The van der Waals surface area contributed by atoms with E-state index in [1.165, 1.54) is 5.56 Å². The molecule has 0 atom stereocenters. The lowest BCUT2D eigenvalue weighted by atomic mass is 10.0. The van der Waals surface area contributed by atoms with E-state index in [4.69, 9.17) is 10.5 Å². The van der Waals surface area contributed by atoms with Crippen molar-refractivity contribution in [3.63, 3.8) is 0 Å². The molecular weight excluding hydrogens is 298 g/mol. The number of anilines is 1. The fraction of sp³-hybridized carbons (Fsp3) is 0.250. The molecule has 0 fully saturated rings. The number of nitrogens with one attached hydrogen (secondary N) is 1. The van der Waals surface area contributed by atoms with Crippen LogP contribution in [0.5, 0.6) is 11.5 Å². The molecule has 0 aliphatic heterocycles. The lowest BCUT2D eigenvalue weighted by Crippen LogP contribution is -1.97. The van der Waals surface area contributed by atoms with Crippen LogP contribution in [-0.2, 0) is 12.8 Å². The van der Waals surface area contributed by atoms with Gasteiger partial charge in [0.25, 0.3) is 0 Å². The van der Waals surface area contributed by atoms with Gasteiger partial charge in [0.15, 0.2) is 0 Å². The summed E-state index contributed by atoms with van der Waals surface area (Å²) in [6, 6.07) is 12.0. The first-order valence-corrected chi connectivity index (χ1v) is 8.32. The number of benzene rings is 2. The van der Waals surface area contributed by atoms with E-state index in [2.05, 4.69) is 42.2 Å². The first-order valence-electron chi connectivity index (χ1n) is 8.32. The maximum Gasteiger partial charge on any atom is 0.139 e. The van der Waals surface area contributed by atoms with Crippen LogP contribution < -0.4 is 10.5 Å². The van der Waals surface area contributed by atoms with Gasteiger partial charge in [-0.15, -0.1) is 0 Å². The smallest absolute Gasteiger partial charge is 0.139 e. The average Bonchev–Trinajstić information content (AvgIpc) is 3.06. The van der Waals surface area contributed by atoms with Crippen LogP contribution in [0.1, 0.15) is 30.5 Å². The lowest BCUT2D eigenvalue weighted by Gasteiger charge is -2.17. The number of aromatic amines is 1. The van der Waals surface area contributed by atoms with Crippen LogP contribution in [0, 0.1) is 6.92 Å². The Kier molecular flexibility index (Phi) is 4.56. The van der Waals surface area contributed by atoms with Crippen molar-refractivity contribution in [2.24, 2.45) is 0 Å². The first kappa shape index (κ1) is 16.1. The predicted octanol–water partition coefficient (Wildman–Crippen LogP) is 4.88. The van der Waals surface area contributed by atoms with Gasteiger partial charge in [0.1, 0.15) is 11.5 Å². The van der Waals surface area contributed by atoms with E-state index in [1.807, 2.05) is 31.3 Å². The number of nitrogens with zero attached hydrogens (tertiary/aromatic N) is 1. The highest BCUT2D eigenvalue weighted by atomic mass is 16.5. The molecule has 1 heterocycles. The number of nitrogen functional groups attached to an aromatic ring is 1. The summed E-state index contributed by atoms with van der Waals surface area (Å²) in [6.45, 7) is 6.28. The monoisotopic (exact) mass is 321 g/mol. The van der Waals surface area contributed by atoms with E-state index in [0.717, 1.165) is 46.7 Å². The molecule has 0 radical (unpaired) electrons. The van der Waals surface area contributed by atoms with E-state index in [9.17, 15) is 0 Å². The number of aromatic nitrogens is 2. The third-order valence-electron chi connectivity index (χ3n) is 4.27. The Morgan fingerprint density at radius 1 is 1.08 bits per heavy atom. The number of hydrogen-bond donors (Lipinski definition) is 2. The highest BCUT2D eigenvalue weighted by Crippen LogP contribution is 2.38. The van der Waals surface area contributed by atoms with E-state index < -0.39 is 0 Å². The van der Waals surface area contributed by atoms with Crippen molar-refractivity contribution in [2.45, 2.75) is 33.6 Å². The fourth-order valence-corrected chi connectivity index (χ4v) is 2.83. The van der Waals surface area contributed by atoms with E-state index >= 15 is 0 Å². The van der Waals surface area contributed by atoms with Gasteiger partial charge in [0, 0.05) is 17.3 Å². The zero-order valence-electron chi connectivity index (χ0n) is 14.4. The van der Waals surface area contributed by atoms with Crippen molar-refractivity contribution >= 4 is 5.69 Å². The van der Waals surface area contributed by atoms with Gasteiger partial charge >= 0.3 is 0 Å². The zero-order chi connectivity index (χ0) is 17.1. The number of nitrogens with two attached hydrogens (primary N) is 1. The van der Waals surface area contributed by atoms with Crippen LogP contribution in [0.15, 0.2) is 42.6 Å². The third kappa shape index (κ3) is 3.00. The molecule has 3 N–H and O–H groups in total. The number of rotatable bonds is 5. The highest BCUT2D eigenvalue weighted by molar-refractivity contribution is 5.72. The van der Waals surface area contributed by atoms with Crippen molar-refractivity contribution < 1.29 is 4.74 Å². The summed E-state index contributed by atoms with van der Waals surface area (Å²) in [6.07, 6.45) is 3.68. The number of aryl methyl sites for hydroxylation is 3. The molecule has 4 heteroatoms. The van der Waals surface area contributed by atoms with E-state index in [0.29, 0.717) is 5.69 Å². The molecule has 4 nitrogen and oxygen atoms in total. The lowest BCUT2D eigenvalue weighted by molar-refractivity contribution is 0.475. The SMILES string of the molecule is CCc1cn[nH]c1-c1cccc(CC)c1Oc1cc(N)ccc1C. The number of hydrogen-bond acceptors (Lipinski definition) is 3. The average molecular weight is 321 g/mol. The van der Waals surface area contributed by atoms with Gasteiger partial charge in [-0.05, 0) is 48.6 Å². The van der Waals surface area contributed by atoms with Crippen LogP contribution >= 0.6 is 0 Å². The molecule has 24 heavy (non-hydrogen) atoms. The Morgan fingerprint density at radius 3 is 2.62 bits per heavy atom. The fourth-order valence-electron chi connectivity index (χ4n) is 2.83. The van der Waals surface area contributed by atoms with Crippen LogP contribution in [0.3, 0.4) is 0 Å². The minimum atomic E-state index is 0.696. The second-order valence-electron chi connectivity index (χ2n) is 5.90. The van der Waals surface area contributed by atoms with Crippen LogP contribution in [0.25, 0.3) is 11.3 Å². The van der Waals surface area contributed by atoms with Crippen LogP contribution in [-0.4, -0.2) is 10.2 Å². The maximum absolute atomic E-state index is 6.34. The van der Waals surface area contributed by atoms with Crippen LogP contribution in [0.4, 0.5) is 5.69 Å². The molecule has 2 aromatic carbocycles. The van der Waals surface area contributed by atoms with Crippen molar-refractivity contribution in [1.29, 1.82) is 0 Å². The summed E-state index contributed by atoms with van der Waals surface area (Å²) in [5.41, 5.74) is 12.1. The predicted molar refractivity (Wildman–Crippen MR) is 98.4 cm³/mol. The Labute approximate surface area is 142 Å². The van der Waals surface area contributed by atoms with Gasteiger partial charge in [-0.1, -0.05) is 32.0 Å². The third-order valence-corrected chi connectivity index (χ3v) is 4.27. The van der Waals surface area contributed by atoms with Gasteiger partial charge in [0.05, 0.1) is 11.9 Å². The molecular formula is C20H23N3O. The molecule has 0 aliphatic rings. The van der Waals surface area contributed by atoms with Crippen LogP contribution in [0.2, 0.25) is 0 Å². The van der Waals surface area contributed by atoms with Gasteiger partial charge in [-0.3, -0.25) is 5.10 Å². The zero-order valence-corrected chi connectivity index (χ0v) is 14.4. The van der Waals surface area contributed by atoms with Crippen molar-refractivity contribution in [1.82, 2.24) is 10.2 Å². The quantitative estimate of drug-likeness (QED) is 0.658. The molecule has 0 spiro atoms. The Bertz CT molecular complexity index is 852. The standard InChI is InChI=1S/C20H23N3O/c1-4-14-7-6-8-17(19-15(5-2)12-22-23-19)20(14)24-18-11-16(21)10-9-13(18)3/h6-12H,4-5,21H2,1-3H3,(H,22,23). The van der Waals surface area contributed by atoms with Gasteiger partial charge in [-0.2, -0.15) is 5.10 Å². The van der Waals surface area contributed by atoms with Gasteiger partial charge < -0.3 is 10.5 Å². The molecule has 3 aromatic rings. The largest absolute Gasteiger partial charge is 0.456 e. The minimum absolute atomic E-state index is 0.696. The summed E-state index contributed by atoms with van der Waals surface area (Å²) >= 11 is 0. The Balaban J connectivity index is 2.14. The normalized spacial score (nSPS) is 10.8. The summed E-state index contributed by atoms with van der Waals surface area (Å²) < 4.78 is 6.34. The minimum Gasteiger partial charge on any atom is -0.456 e. The summed E-state index contributed by atoms with van der Waals surface area (Å²) in [7, 11) is 0. The highest BCUT2D eigenvalue weighted by Gasteiger charge is 2.16. The van der Waals surface area contributed by atoms with Crippen molar-refractivity contribution in [3.05, 3.63) is 59.3 Å². The van der Waals surface area contributed by atoms with E-state index in [1.54, 1.807) is 0 Å². The molecule has 0 saturated heterocycles. The molecule has 124 valence electrons. The van der Waals surface area contributed by atoms with Gasteiger partial charge in [0.2, 0.25) is 0 Å². The molecule has 3 rings (SSSR count). The second-order valence-corrected chi connectivity index (χ2v) is 5.90. The topological polar surface area (TPSA) is 63.9 Å². The molecule has 0 amide bonds. The van der Waals surface area contributed by atoms with Crippen molar-refractivity contribution in [2.75, 3.05) is 5.73 Å². The second kappa shape index (κ2) is 6.79.